The summed E-state index contributed by atoms with van der Waals surface area (Å²) >= 11 is 5.90. The van der Waals surface area contributed by atoms with E-state index in [9.17, 15) is 13.2 Å². The number of hydrogen-bond donors (Lipinski definition) is 1. The molecule has 0 saturated carbocycles. The average molecular weight is 453 g/mol. The molecule has 8 nitrogen and oxygen atoms in total. The monoisotopic (exact) mass is 452 g/mol. The van der Waals surface area contributed by atoms with E-state index in [1.165, 1.54) is 4.31 Å². The third kappa shape index (κ3) is 6.07. The fraction of sp³-hybridized carbons (Fsp3) is 0.400. The molecule has 1 saturated heterocycles. The zero-order valence-electron chi connectivity index (χ0n) is 16.7. The van der Waals surface area contributed by atoms with E-state index in [0.29, 0.717) is 37.0 Å². The number of aromatic nitrogens is 1. The Hall–Kier alpha value is -2.36. The van der Waals surface area contributed by atoms with E-state index in [1.54, 1.807) is 37.4 Å². The lowest BCUT2D eigenvalue weighted by molar-refractivity contribution is -0.127. The molecule has 1 aromatic heterocycles. The van der Waals surface area contributed by atoms with Gasteiger partial charge in [-0.1, -0.05) is 23.7 Å². The minimum Gasteiger partial charge on any atom is -0.481 e. The van der Waals surface area contributed by atoms with E-state index < -0.39 is 16.1 Å². The number of hydrogen-bond acceptors (Lipinski definition) is 6. The molecule has 162 valence electrons. The van der Waals surface area contributed by atoms with E-state index in [0.717, 1.165) is 5.82 Å². The second kappa shape index (κ2) is 10.1. The van der Waals surface area contributed by atoms with Crippen molar-refractivity contribution in [1.82, 2.24) is 14.6 Å². The third-order valence-corrected chi connectivity index (χ3v) is 6.85. The van der Waals surface area contributed by atoms with Crippen LogP contribution >= 0.6 is 11.6 Å². The van der Waals surface area contributed by atoms with Crippen molar-refractivity contribution in [3.8, 4) is 5.75 Å². The third-order valence-electron chi connectivity index (χ3n) is 4.74. The molecular weight excluding hydrogens is 428 g/mol. The molecule has 1 aromatic carbocycles. The molecule has 0 spiro atoms. The number of rotatable bonds is 8. The van der Waals surface area contributed by atoms with E-state index >= 15 is 0 Å². The van der Waals surface area contributed by atoms with Gasteiger partial charge in [0.05, 0.1) is 5.75 Å². The number of anilines is 1. The lowest BCUT2D eigenvalue weighted by Gasteiger charge is -2.34. The summed E-state index contributed by atoms with van der Waals surface area (Å²) in [5, 5.41) is 3.13. The van der Waals surface area contributed by atoms with E-state index in [1.807, 2.05) is 18.2 Å². The maximum Gasteiger partial charge on any atom is 0.260 e. The van der Waals surface area contributed by atoms with E-state index in [2.05, 4.69) is 15.2 Å². The van der Waals surface area contributed by atoms with Crippen LogP contribution in [0.1, 0.15) is 6.92 Å². The van der Waals surface area contributed by atoms with E-state index in [-0.39, 0.29) is 18.2 Å². The number of nitrogens with one attached hydrogen (secondary N) is 1. The number of pyridine rings is 1. The van der Waals surface area contributed by atoms with Gasteiger partial charge in [-0.05, 0) is 37.3 Å². The van der Waals surface area contributed by atoms with Gasteiger partial charge in [-0.25, -0.2) is 13.4 Å². The van der Waals surface area contributed by atoms with Crippen molar-refractivity contribution in [2.24, 2.45) is 0 Å². The molecule has 1 N–H and O–H groups in total. The number of carbonyl (C=O) groups excluding carboxylic acids is 1. The Kier molecular flexibility index (Phi) is 7.52. The summed E-state index contributed by atoms with van der Waals surface area (Å²) in [5.41, 5.74) is 0. The minimum absolute atomic E-state index is 0.0187. The van der Waals surface area contributed by atoms with Gasteiger partial charge in [0.25, 0.3) is 5.91 Å². The Balaban J connectivity index is 1.43. The largest absolute Gasteiger partial charge is 0.481 e. The van der Waals surface area contributed by atoms with Crippen LogP contribution in [0, 0.1) is 0 Å². The predicted molar refractivity (Wildman–Crippen MR) is 116 cm³/mol. The molecule has 0 bridgehead atoms. The lowest BCUT2D eigenvalue weighted by Crippen LogP contribution is -2.50. The molecule has 1 aliphatic heterocycles. The molecule has 0 aliphatic carbocycles. The number of sulfonamides is 1. The van der Waals surface area contributed by atoms with Crippen LogP contribution in [-0.2, 0) is 14.8 Å². The second-order valence-corrected chi connectivity index (χ2v) is 9.42. The Bertz CT molecular complexity index is 950. The molecule has 0 radical (unpaired) electrons. The highest BCUT2D eigenvalue weighted by Crippen LogP contribution is 2.18. The van der Waals surface area contributed by atoms with Crippen molar-refractivity contribution >= 4 is 33.3 Å². The number of nitrogens with zero attached hydrogens (tertiary/aromatic N) is 3. The first-order valence-electron chi connectivity index (χ1n) is 9.69. The molecule has 3 rings (SSSR count). The summed E-state index contributed by atoms with van der Waals surface area (Å²) in [6, 6.07) is 12.4. The van der Waals surface area contributed by atoms with Gasteiger partial charge in [0.1, 0.15) is 11.6 Å². The summed E-state index contributed by atoms with van der Waals surface area (Å²) in [7, 11) is -3.46. The number of halogens is 1. The summed E-state index contributed by atoms with van der Waals surface area (Å²) in [4.78, 5) is 18.6. The molecule has 1 atom stereocenters. The molecular formula is C20H25ClN4O4S. The Morgan fingerprint density at radius 3 is 2.63 bits per heavy atom. The standard InChI is InChI=1S/C20H25ClN4O4S/c1-16(29-18-6-4-5-17(21)15-18)20(26)23-9-14-30(27,28)25-12-10-24(11-13-25)19-7-2-3-8-22-19/h2-8,15-16H,9-14H2,1H3,(H,23,26). The van der Waals surface area contributed by atoms with Crippen molar-refractivity contribution in [3.05, 3.63) is 53.7 Å². The van der Waals surface area contributed by atoms with Crippen molar-refractivity contribution in [3.63, 3.8) is 0 Å². The molecule has 1 amide bonds. The van der Waals surface area contributed by atoms with Crippen molar-refractivity contribution in [1.29, 1.82) is 0 Å². The first kappa shape index (κ1) is 22.3. The van der Waals surface area contributed by atoms with Gasteiger partial charge in [-0.3, -0.25) is 4.79 Å². The fourth-order valence-electron chi connectivity index (χ4n) is 3.11. The second-order valence-electron chi connectivity index (χ2n) is 6.90. The minimum atomic E-state index is -3.46. The first-order chi connectivity index (χ1) is 14.3. The average Bonchev–Trinajstić information content (AvgIpc) is 2.74. The number of amides is 1. The normalized spacial score (nSPS) is 16.1. The van der Waals surface area contributed by atoms with Crippen LogP contribution < -0.4 is 15.0 Å². The molecule has 30 heavy (non-hydrogen) atoms. The Morgan fingerprint density at radius 2 is 1.97 bits per heavy atom. The van der Waals surface area contributed by atoms with Crippen LogP contribution in [0.5, 0.6) is 5.75 Å². The molecule has 2 heterocycles. The van der Waals surface area contributed by atoms with Crippen LogP contribution in [0.3, 0.4) is 0 Å². The summed E-state index contributed by atoms with van der Waals surface area (Å²) < 4.78 is 32.2. The number of piperazine rings is 1. The quantitative estimate of drug-likeness (QED) is 0.656. The Labute approximate surface area is 181 Å². The highest BCUT2D eigenvalue weighted by Gasteiger charge is 2.27. The van der Waals surface area contributed by atoms with Crippen LogP contribution in [0.15, 0.2) is 48.7 Å². The van der Waals surface area contributed by atoms with Crippen molar-refractivity contribution in [2.45, 2.75) is 13.0 Å². The van der Waals surface area contributed by atoms with Crippen molar-refractivity contribution < 1.29 is 17.9 Å². The van der Waals surface area contributed by atoms with Gasteiger partial charge < -0.3 is 15.0 Å². The zero-order valence-corrected chi connectivity index (χ0v) is 18.3. The topological polar surface area (TPSA) is 91.8 Å². The number of benzene rings is 1. The van der Waals surface area contributed by atoms with Crippen molar-refractivity contribution in [2.75, 3.05) is 43.4 Å². The molecule has 1 unspecified atom stereocenters. The number of carbonyl (C=O) groups is 1. The van der Waals surface area contributed by atoms with E-state index in [4.69, 9.17) is 16.3 Å². The molecule has 1 fully saturated rings. The van der Waals surface area contributed by atoms with Crippen LogP contribution in [-0.4, -0.2) is 68.2 Å². The van der Waals surface area contributed by atoms with Gasteiger partial charge >= 0.3 is 0 Å². The maximum atomic E-state index is 12.6. The van der Waals surface area contributed by atoms with Gasteiger partial charge in [-0.15, -0.1) is 0 Å². The highest BCUT2D eigenvalue weighted by molar-refractivity contribution is 7.89. The van der Waals surface area contributed by atoms with Crippen LogP contribution in [0.25, 0.3) is 0 Å². The molecule has 2 aromatic rings. The highest BCUT2D eigenvalue weighted by atomic mass is 35.5. The van der Waals surface area contributed by atoms with Gasteiger partial charge in [-0.2, -0.15) is 4.31 Å². The fourth-order valence-corrected chi connectivity index (χ4v) is 4.63. The first-order valence-corrected chi connectivity index (χ1v) is 11.7. The SMILES string of the molecule is CC(Oc1cccc(Cl)c1)C(=O)NCCS(=O)(=O)N1CCN(c2ccccn2)CC1. The van der Waals surface area contributed by atoms with Crippen LogP contribution in [0.2, 0.25) is 5.02 Å². The van der Waals surface area contributed by atoms with Gasteiger partial charge in [0, 0.05) is 43.9 Å². The van der Waals surface area contributed by atoms with Gasteiger partial charge in [0.15, 0.2) is 6.10 Å². The lowest BCUT2D eigenvalue weighted by atomic mass is 10.3. The summed E-state index contributed by atoms with van der Waals surface area (Å²) in [5.74, 6) is 0.774. The Morgan fingerprint density at radius 1 is 1.20 bits per heavy atom. The van der Waals surface area contributed by atoms with Gasteiger partial charge in [0.2, 0.25) is 10.0 Å². The number of ether oxygens (including phenoxy) is 1. The smallest absolute Gasteiger partial charge is 0.260 e. The molecule has 1 aliphatic rings. The maximum absolute atomic E-state index is 12.6. The molecule has 10 heteroatoms. The summed E-state index contributed by atoms with van der Waals surface area (Å²) in [6.45, 7) is 3.55. The zero-order chi connectivity index (χ0) is 21.6. The predicted octanol–water partition coefficient (Wildman–Crippen LogP) is 1.77. The summed E-state index contributed by atoms with van der Waals surface area (Å²) in [6.07, 6.45) is 0.950. The van der Waals surface area contributed by atoms with Crippen LogP contribution in [0.4, 0.5) is 5.82 Å².